The molecule has 0 aliphatic heterocycles. The van der Waals surface area contributed by atoms with E-state index >= 15 is 0 Å². The van der Waals surface area contributed by atoms with Crippen LogP contribution in [0.3, 0.4) is 0 Å². The second-order valence-corrected chi connectivity index (χ2v) is 7.34. The lowest BCUT2D eigenvalue weighted by Crippen LogP contribution is -2.11. The Morgan fingerprint density at radius 2 is 1.65 bits per heavy atom. The SMILES string of the molecule is CC(=O)c1ccc(S(=O)(=O)Oc2cc(C(C)C)ccc2C)cc1. The van der Waals surface area contributed by atoms with Crippen LogP contribution in [0.5, 0.6) is 5.75 Å². The first-order chi connectivity index (χ1) is 10.7. The molecule has 0 atom stereocenters. The molecule has 0 saturated heterocycles. The van der Waals surface area contributed by atoms with Gasteiger partial charge in [-0.2, -0.15) is 8.42 Å². The molecule has 0 saturated carbocycles. The van der Waals surface area contributed by atoms with E-state index in [0.29, 0.717) is 11.3 Å². The van der Waals surface area contributed by atoms with Crippen LogP contribution in [-0.4, -0.2) is 14.2 Å². The van der Waals surface area contributed by atoms with Crippen LogP contribution in [0.2, 0.25) is 0 Å². The summed E-state index contributed by atoms with van der Waals surface area (Å²) in [5, 5.41) is 0. The monoisotopic (exact) mass is 332 g/mol. The molecule has 0 aliphatic rings. The molecule has 0 aliphatic carbocycles. The maximum absolute atomic E-state index is 12.4. The van der Waals surface area contributed by atoms with E-state index in [4.69, 9.17) is 4.18 Å². The van der Waals surface area contributed by atoms with E-state index in [1.165, 1.54) is 31.2 Å². The summed E-state index contributed by atoms with van der Waals surface area (Å²) in [6.07, 6.45) is 0. The minimum Gasteiger partial charge on any atom is -0.379 e. The van der Waals surface area contributed by atoms with Crippen molar-refractivity contribution in [3.05, 3.63) is 59.2 Å². The summed E-state index contributed by atoms with van der Waals surface area (Å²) in [5.41, 5.74) is 2.22. The Morgan fingerprint density at radius 3 is 2.17 bits per heavy atom. The predicted octanol–water partition coefficient (Wildman–Crippen LogP) is 4.09. The summed E-state index contributed by atoms with van der Waals surface area (Å²) in [7, 11) is -3.93. The Bertz CT molecular complexity index is 819. The molecule has 2 aromatic rings. The number of aryl methyl sites for hydroxylation is 1. The molecule has 0 spiro atoms. The highest BCUT2D eigenvalue weighted by Crippen LogP contribution is 2.27. The van der Waals surface area contributed by atoms with Crippen LogP contribution in [0.1, 0.15) is 48.2 Å². The number of rotatable bonds is 5. The van der Waals surface area contributed by atoms with Gasteiger partial charge in [-0.3, -0.25) is 4.79 Å². The molecule has 0 heterocycles. The van der Waals surface area contributed by atoms with Crippen LogP contribution in [0.25, 0.3) is 0 Å². The normalized spacial score (nSPS) is 11.5. The van der Waals surface area contributed by atoms with Crippen molar-refractivity contribution < 1.29 is 17.4 Å². The van der Waals surface area contributed by atoms with Gasteiger partial charge in [-0.1, -0.05) is 38.1 Å². The zero-order valence-corrected chi connectivity index (χ0v) is 14.5. The Balaban J connectivity index is 2.34. The number of carbonyl (C=O) groups excluding carboxylic acids is 1. The van der Waals surface area contributed by atoms with Crippen LogP contribution in [-0.2, 0) is 10.1 Å². The first-order valence-electron chi connectivity index (χ1n) is 7.37. The molecule has 4 nitrogen and oxygen atoms in total. The van der Waals surface area contributed by atoms with Crippen LogP contribution < -0.4 is 4.18 Å². The molecule has 0 bridgehead atoms. The van der Waals surface area contributed by atoms with E-state index in [-0.39, 0.29) is 16.6 Å². The highest BCUT2D eigenvalue weighted by molar-refractivity contribution is 7.87. The third kappa shape index (κ3) is 3.99. The van der Waals surface area contributed by atoms with Gasteiger partial charge in [0.2, 0.25) is 0 Å². The van der Waals surface area contributed by atoms with E-state index < -0.39 is 10.1 Å². The third-order valence-electron chi connectivity index (χ3n) is 3.63. The van der Waals surface area contributed by atoms with Gasteiger partial charge < -0.3 is 4.18 Å². The second kappa shape index (κ2) is 6.54. The number of hydrogen-bond donors (Lipinski definition) is 0. The number of benzene rings is 2. The van der Waals surface area contributed by atoms with Gasteiger partial charge in [-0.25, -0.2) is 0 Å². The summed E-state index contributed by atoms with van der Waals surface area (Å²) in [6.45, 7) is 7.29. The van der Waals surface area contributed by atoms with Crippen LogP contribution >= 0.6 is 0 Å². The molecular formula is C18H20O4S. The van der Waals surface area contributed by atoms with Gasteiger partial charge in [0.15, 0.2) is 5.78 Å². The lowest BCUT2D eigenvalue weighted by atomic mass is 10.0. The molecule has 0 N–H and O–H groups in total. The average Bonchev–Trinajstić information content (AvgIpc) is 2.49. The van der Waals surface area contributed by atoms with Crippen LogP contribution in [0, 0.1) is 6.92 Å². The molecule has 2 rings (SSSR count). The maximum Gasteiger partial charge on any atom is 0.339 e. The molecule has 0 aromatic heterocycles. The van der Waals surface area contributed by atoms with E-state index in [1.807, 2.05) is 26.0 Å². The van der Waals surface area contributed by atoms with E-state index in [2.05, 4.69) is 0 Å². The van der Waals surface area contributed by atoms with Gasteiger partial charge in [-0.15, -0.1) is 0 Å². The van der Waals surface area contributed by atoms with Gasteiger partial charge in [-0.05, 0) is 49.1 Å². The molecule has 2 aromatic carbocycles. The van der Waals surface area contributed by atoms with Crippen LogP contribution in [0.15, 0.2) is 47.4 Å². The highest BCUT2D eigenvalue weighted by atomic mass is 32.2. The summed E-state index contributed by atoms with van der Waals surface area (Å²) in [4.78, 5) is 11.3. The maximum atomic E-state index is 12.4. The Kier molecular flexibility index (Phi) is 4.90. The van der Waals surface area contributed by atoms with E-state index in [1.54, 1.807) is 13.0 Å². The summed E-state index contributed by atoms with van der Waals surface area (Å²) >= 11 is 0. The van der Waals surface area contributed by atoms with Gasteiger partial charge in [0.1, 0.15) is 10.6 Å². The van der Waals surface area contributed by atoms with Crippen molar-refractivity contribution in [2.24, 2.45) is 0 Å². The van der Waals surface area contributed by atoms with Crippen molar-refractivity contribution in [1.29, 1.82) is 0 Å². The van der Waals surface area contributed by atoms with Crippen molar-refractivity contribution in [2.45, 2.75) is 38.5 Å². The van der Waals surface area contributed by atoms with Crippen LogP contribution in [0.4, 0.5) is 0 Å². The molecule has 5 heteroatoms. The average molecular weight is 332 g/mol. The van der Waals surface area contributed by atoms with Crippen molar-refractivity contribution in [3.8, 4) is 5.75 Å². The Hall–Kier alpha value is -2.14. The Morgan fingerprint density at radius 1 is 1.04 bits per heavy atom. The van der Waals surface area contributed by atoms with Crippen molar-refractivity contribution in [2.75, 3.05) is 0 Å². The fourth-order valence-corrected chi connectivity index (χ4v) is 3.07. The van der Waals surface area contributed by atoms with Crippen molar-refractivity contribution >= 4 is 15.9 Å². The van der Waals surface area contributed by atoms with Gasteiger partial charge >= 0.3 is 10.1 Å². The smallest absolute Gasteiger partial charge is 0.339 e. The van der Waals surface area contributed by atoms with Gasteiger partial charge in [0.05, 0.1) is 0 Å². The minimum atomic E-state index is -3.93. The zero-order chi connectivity index (χ0) is 17.2. The standard InChI is InChI=1S/C18H20O4S/c1-12(2)16-6-5-13(3)18(11-16)22-23(20,21)17-9-7-15(8-10-17)14(4)19/h5-12H,1-4H3. The molecule has 0 amide bonds. The molecular weight excluding hydrogens is 312 g/mol. The topological polar surface area (TPSA) is 60.4 Å². The first kappa shape index (κ1) is 17.2. The summed E-state index contributed by atoms with van der Waals surface area (Å²) in [6, 6.07) is 11.3. The van der Waals surface area contributed by atoms with Gasteiger partial charge in [0, 0.05) is 5.56 Å². The largest absolute Gasteiger partial charge is 0.379 e. The first-order valence-corrected chi connectivity index (χ1v) is 8.77. The lowest BCUT2D eigenvalue weighted by molar-refractivity contribution is 0.101. The second-order valence-electron chi connectivity index (χ2n) is 5.80. The fourth-order valence-electron chi connectivity index (χ4n) is 2.09. The minimum absolute atomic E-state index is 0.0249. The molecule has 0 fully saturated rings. The number of ketones is 1. The molecule has 122 valence electrons. The van der Waals surface area contributed by atoms with E-state index in [9.17, 15) is 13.2 Å². The summed E-state index contributed by atoms with van der Waals surface area (Å²) < 4.78 is 30.1. The Labute approximate surface area is 137 Å². The zero-order valence-electron chi connectivity index (χ0n) is 13.7. The number of carbonyl (C=O) groups is 1. The number of hydrogen-bond acceptors (Lipinski definition) is 4. The fraction of sp³-hybridized carbons (Fsp3) is 0.278. The lowest BCUT2D eigenvalue weighted by Gasteiger charge is -2.13. The van der Waals surface area contributed by atoms with Crippen molar-refractivity contribution in [3.63, 3.8) is 0 Å². The van der Waals surface area contributed by atoms with E-state index in [0.717, 1.165) is 11.1 Å². The third-order valence-corrected chi connectivity index (χ3v) is 4.88. The number of Topliss-reactive ketones (excluding diaryl/α,β-unsaturated/α-hetero) is 1. The summed E-state index contributed by atoms with van der Waals surface area (Å²) in [5.74, 6) is 0.484. The highest BCUT2D eigenvalue weighted by Gasteiger charge is 2.18. The molecule has 23 heavy (non-hydrogen) atoms. The quantitative estimate of drug-likeness (QED) is 0.611. The molecule has 0 unspecified atom stereocenters. The molecule has 0 radical (unpaired) electrons. The van der Waals surface area contributed by atoms with Gasteiger partial charge in [0.25, 0.3) is 0 Å². The predicted molar refractivity (Wildman–Crippen MR) is 89.5 cm³/mol. The van der Waals surface area contributed by atoms with Crippen molar-refractivity contribution in [1.82, 2.24) is 0 Å².